The maximum absolute atomic E-state index is 13.0. The van der Waals surface area contributed by atoms with E-state index >= 15 is 0 Å². The van der Waals surface area contributed by atoms with Crippen LogP contribution in [-0.4, -0.2) is 35.0 Å². The predicted octanol–water partition coefficient (Wildman–Crippen LogP) is 1.97. The Kier molecular flexibility index (Phi) is 7.63. The summed E-state index contributed by atoms with van der Waals surface area (Å²) in [4.78, 5) is 23.0. The van der Waals surface area contributed by atoms with Crippen molar-refractivity contribution in [3.63, 3.8) is 0 Å². The highest BCUT2D eigenvalue weighted by atomic mass is 32.2. The summed E-state index contributed by atoms with van der Waals surface area (Å²) >= 11 is 1.46. The van der Waals surface area contributed by atoms with Crippen molar-refractivity contribution in [2.24, 2.45) is 0 Å². The highest BCUT2D eigenvalue weighted by Crippen LogP contribution is 2.10. The van der Waals surface area contributed by atoms with E-state index in [1.54, 1.807) is 12.1 Å². The zero-order valence-corrected chi connectivity index (χ0v) is 13.2. The van der Waals surface area contributed by atoms with Crippen molar-refractivity contribution in [1.29, 1.82) is 5.26 Å². The summed E-state index contributed by atoms with van der Waals surface area (Å²) in [6, 6.07) is 6.10. The standard InChI is InChI=1S/C15H16FN3O3S/c1-23-6-5-13(15(21)22)19-14(20)10(8-17)9-18-12-4-2-3-11(16)7-12/h2-4,7,9,13,18H,5-6H2,1H3,(H,19,20)(H,21,22)/b10-9-. The summed E-state index contributed by atoms with van der Waals surface area (Å²) in [6.45, 7) is 0. The molecule has 1 rings (SSSR count). The highest BCUT2D eigenvalue weighted by molar-refractivity contribution is 7.98. The second kappa shape index (κ2) is 9.48. The fourth-order valence-electron chi connectivity index (χ4n) is 1.61. The lowest BCUT2D eigenvalue weighted by Gasteiger charge is -2.13. The molecule has 1 atom stereocenters. The number of benzene rings is 1. The number of nitriles is 1. The van der Waals surface area contributed by atoms with E-state index in [9.17, 15) is 14.0 Å². The van der Waals surface area contributed by atoms with Gasteiger partial charge in [0, 0.05) is 11.9 Å². The molecular weight excluding hydrogens is 321 g/mol. The lowest BCUT2D eigenvalue weighted by molar-refractivity contribution is -0.141. The number of aliphatic carboxylic acids is 1. The fourth-order valence-corrected chi connectivity index (χ4v) is 2.08. The van der Waals surface area contributed by atoms with E-state index in [4.69, 9.17) is 10.4 Å². The van der Waals surface area contributed by atoms with Crippen LogP contribution in [0.3, 0.4) is 0 Å². The number of halogens is 1. The van der Waals surface area contributed by atoms with Crippen LogP contribution in [0.1, 0.15) is 6.42 Å². The minimum Gasteiger partial charge on any atom is -0.480 e. The van der Waals surface area contributed by atoms with E-state index in [0.717, 1.165) is 6.20 Å². The van der Waals surface area contributed by atoms with Gasteiger partial charge in [0.2, 0.25) is 0 Å². The monoisotopic (exact) mass is 337 g/mol. The van der Waals surface area contributed by atoms with Crippen molar-refractivity contribution < 1.29 is 19.1 Å². The number of rotatable bonds is 8. The van der Waals surface area contributed by atoms with Gasteiger partial charge in [0.15, 0.2) is 0 Å². The Balaban J connectivity index is 2.75. The lowest BCUT2D eigenvalue weighted by atomic mass is 10.2. The first-order valence-corrected chi connectivity index (χ1v) is 8.02. The van der Waals surface area contributed by atoms with E-state index in [1.165, 1.54) is 30.0 Å². The first kappa shape index (κ1) is 18.5. The van der Waals surface area contributed by atoms with Crippen molar-refractivity contribution in [2.45, 2.75) is 12.5 Å². The van der Waals surface area contributed by atoms with Crippen molar-refractivity contribution in [2.75, 3.05) is 17.3 Å². The van der Waals surface area contributed by atoms with Gasteiger partial charge < -0.3 is 15.7 Å². The third-order valence-electron chi connectivity index (χ3n) is 2.79. The number of nitrogens with zero attached hydrogens (tertiary/aromatic N) is 1. The van der Waals surface area contributed by atoms with Crippen LogP contribution in [0.15, 0.2) is 36.0 Å². The van der Waals surface area contributed by atoms with Gasteiger partial charge in [-0.25, -0.2) is 9.18 Å². The van der Waals surface area contributed by atoms with E-state index in [0.29, 0.717) is 11.4 Å². The van der Waals surface area contributed by atoms with Gasteiger partial charge in [0.25, 0.3) is 5.91 Å². The molecule has 0 aliphatic heterocycles. The number of hydrogen-bond acceptors (Lipinski definition) is 5. The fraction of sp³-hybridized carbons (Fsp3) is 0.267. The zero-order valence-electron chi connectivity index (χ0n) is 12.4. The van der Waals surface area contributed by atoms with Crippen LogP contribution in [0.5, 0.6) is 0 Å². The Hall–Kier alpha value is -2.53. The second-order valence-corrected chi connectivity index (χ2v) is 5.46. The summed E-state index contributed by atoms with van der Waals surface area (Å²) in [6.07, 6.45) is 3.18. The first-order valence-electron chi connectivity index (χ1n) is 6.63. The number of carbonyl (C=O) groups is 2. The van der Waals surface area contributed by atoms with Crippen LogP contribution in [0, 0.1) is 17.1 Å². The number of nitrogens with one attached hydrogen (secondary N) is 2. The molecular formula is C15H16FN3O3S. The average molecular weight is 337 g/mol. The van der Waals surface area contributed by atoms with E-state index in [-0.39, 0.29) is 12.0 Å². The molecule has 0 aromatic heterocycles. The molecule has 0 saturated carbocycles. The molecule has 1 unspecified atom stereocenters. The zero-order chi connectivity index (χ0) is 17.2. The second-order valence-electron chi connectivity index (χ2n) is 4.47. The van der Waals surface area contributed by atoms with Crippen LogP contribution in [0.2, 0.25) is 0 Å². The largest absolute Gasteiger partial charge is 0.480 e. The normalized spacial score (nSPS) is 12.1. The average Bonchev–Trinajstić information content (AvgIpc) is 2.51. The van der Waals surface area contributed by atoms with Gasteiger partial charge in [-0.1, -0.05) is 6.07 Å². The lowest BCUT2D eigenvalue weighted by Crippen LogP contribution is -2.41. The molecule has 8 heteroatoms. The van der Waals surface area contributed by atoms with Crippen molar-refractivity contribution >= 4 is 29.3 Å². The summed E-state index contributed by atoms with van der Waals surface area (Å²) < 4.78 is 13.0. The van der Waals surface area contributed by atoms with Gasteiger partial charge in [-0.05, 0) is 36.6 Å². The molecule has 1 amide bonds. The number of thioether (sulfide) groups is 1. The Bertz CT molecular complexity index is 643. The summed E-state index contributed by atoms with van der Waals surface area (Å²) in [7, 11) is 0. The Labute approximate surface area is 137 Å². The third-order valence-corrected chi connectivity index (χ3v) is 3.43. The van der Waals surface area contributed by atoms with Crippen LogP contribution in [0.25, 0.3) is 0 Å². The van der Waals surface area contributed by atoms with Crippen LogP contribution < -0.4 is 10.6 Å². The van der Waals surface area contributed by atoms with Gasteiger partial charge in [-0.2, -0.15) is 17.0 Å². The molecule has 0 saturated heterocycles. The van der Waals surface area contributed by atoms with Gasteiger partial charge >= 0.3 is 5.97 Å². The molecule has 3 N–H and O–H groups in total. The summed E-state index contributed by atoms with van der Waals surface area (Å²) in [5.41, 5.74) is 0.0624. The van der Waals surface area contributed by atoms with Crippen molar-refractivity contribution in [3.8, 4) is 6.07 Å². The Morgan fingerprint density at radius 1 is 1.52 bits per heavy atom. The third kappa shape index (κ3) is 6.40. The van der Waals surface area contributed by atoms with Gasteiger partial charge in [0.1, 0.15) is 23.5 Å². The molecule has 0 radical (unpaired) electrons. The molecule has 0 aliphatic carbocycles. The first-order chi connectivity index (χ1) is 11.0. The van der Waals surface area contributed by atoms with E-state index in [2.05, 4.69) is 10.6 Å². The highest BCUT2D eigenvalue weighted by Gasteiger charge is 2.21. The number of carboxylic acid groups (broad SMARTS) is 1. The summed E-state index contributed by atoms with van der Waals surface area (Å²) in [5.74, 6) is -1.87. The molecule has 0 fully saturated rings. The molecule has 0 heterocycles. The van der Waals surface area contributed by atoms with Crippen molar-refractivity contribution in [1.82, 2.24) is 5.32 Å². The Morgan fingerprint density at radius 2 is 2.26 bits per heavy atom. The molecule has 0 spiro atoms. The van der Waals surface area contributed by atoms with Gasteiger partial charge in [0.05, 0.1) is 0 Å². The quantitative estimate of drug-likeness (QED) is 0.495. The van der Waals surface area contributed by atoms with Gasteiger partial charge in [-0.3, -0.25) is 4.79 Å². The summed E-state index contributed by atoms with van der Waals surface area (Å²) in [5, 5.41) is 23.0. The molecule has 1 aromatic carbocycles. The number of anilines is 1. The number of amides is 1. The van der Waals surface area contributed by atoms with Crippen LogP contribution >= 0.6 is 11.8 Å². The van der Waals surface area contributed by atoms with E-state index in [1.807, 2.05) is 6.26 Å². The van der Waals surface area contributed by atoms with E-state index < -0.39 is 23.7 Å². The molecule has 23 heavy (non-hydrogen) atoms. The molecule has 0 bridgehead atoms. The SMILES string of the molecule is CSCCC(NC(=O)/C(C#N)=C\Nc1cccc(F)c1)C(=O)O. The van der Waals surface area contributed by atoms with Crippen LogP contribution in [0.4, 0.5) is 10.1 Å². The minimum absolute atomic E-state index is 0.248. The van der Waals surface area contributed by atoms with Crippen LogP contribution in [-0.2, 0) is 9.59 Å². The molecule has 0 aliphatic rings. The molecule has 1 aromatic rings. The minimum atomic E-state index is -1.16. The topological polar surface area (TPSA) is 102 Å². The molecule has 6 nitrogen and oxygen atoms in total. The maximum Gasteiger partial charge on any atom is 0.326 e. The van der Waals surface area contributed by atoms with Crippen molar-refractivity contribution in [3.05, 3.63) is 41.9 Å². The molecule has 122 valence electrons. The maximum atomic E-state index is 13.0. The van der Waals surface area contributed by atoms with Gasteiger partial charge in [-0.15, -0.1) is 0 Å². The number of carbonyl (C=O) groups excluding carboxylic acids is 1. The number of carboxylic acids is 1. The predicted molar refractivity (Wildman–Crippen MR) is 86.3 cm³/mol. The smallest absolute Gasteiger partial charge is 0.326 e. The number of hydrogen-bond donors (Lipinski definition) is 3. The Morgan fingerprint density at radius 3 is 2.83 bits per heavy atom.